The van der Waals surface area contributed by atoms with Crippen LogP contribution in [0.2, 0.25) is 0 Å². The van der Waals surface area contributed by atoms with E-state index in [9.17, 15) is 4.79 Å². The largest absolute Gasteiger partial charge is 0.497 e. The van der Waals surface area contributed by atoms with Gasteiger partial charge in [-0.15, -0.1) is 0 Å². The third kappa shape index (κ3) is 5.63. The van der Waals surface area contributed by atoms with Crippen LogP contribution in [0.25, 0.3) is 23.0 Å². The van der Waals surface area contributed by atoms with Crippen molar-refractivity contribution in [2.45, 2.75) is 0 Å². The highest BCUT2D eigenvalue weighted by atomic mass is 16.5. The second-order valence-electron chi connectivity index (χ2n) is 9.13. The molecule has 0 N–H and O–H groups in total. The Morgan fingerprint density at radius 2 is 1.58 bits per heavy atom. The fourth-order valence-electron chi connectivity index (χ4n) is 4.64. The summed E-state index contributed by atoms with van der Waals surface area (Å²) in [6, 6.07) is 27.5. The fraction of sp³-hybridized carbons (Fsp3) is 0.226. The SMILES string of the molecule is COc1ccc(-c2cc(C(=O)N3CCN(CC=Cc4ccccc4)CC3)n(-c3ccccc3)n2)c(OC)c1. The molecule has 38 heavy (non-hydrogen) atoms. The number of piperazine rings is 1. The van der Waals surface area contributed by atoms with E-state index >= 15 is 0 Å². The number of amides is 1. The standard InChI is InChI=1S/C31H32N4O3/c1-37-26-15-16-27(30(22-26)38-2)28-23-29(35(32-28)25-13-7-4-8-14-25)31(36)34-20-18-33(19-21-34)17-9-12-24-10-5-3-6-11-24/h3-16,22-23H,17-21H2,1-2H3. The van der Waals surface area contributed by atoms with E-state index in [0.29, 0.717) is 36.0 Å². The van der Waals surface area contributed by atoms with E-state index in [1.54, 1.807) is 18.9 Å². The van der Waals surface area contributed by atoms with Crippen molar-refractivity contribution in [1.29, 1.82) is 0 Å². The predicted octanol–water partition coefficient (Wildman–Crippen LogP) is 5.03. The summed E-state index contributed by atoms with van der Waals surface area (Å²) in [4.78, 5) is 18.1. The molecule has 7 heteroatoms. The van der Waals surface area contributed by atoms with Crippen molar-refractivity contribution >= 4 is 12.0 Å². The van der Waals surface area contributed by atoms with Gasteiger partial charge in [-0.1, -0.05) is 60.7 Å². The molecule has 0 unspecified atom stereocenters. The van der Waals surface area contributed by atoms with Gasteiger partial charge in [0.15, 0.2) is 0 Å². The number of methoxy groups -OCH3 is 2. The Labute approximate surface area is 223 Å². The maximum Gasteiger partial charge on any atom is 0.272 e. The summed E-state index contributed by atoms with van der Waals surface area (Å²) in [6.45, 7) is 3.84. The van der Waals surface area contributed by atoms with E-state index in [2.05, 4.69) is 29.2 Å². The first kappa shape index (κ1) is 25.3. The third-order valence-electron chi connectivity index (χ3n) is 6.75. The molecule has 4 aromatic rings. The predicted molar refractivity (Wildman–Crippen MR) is 150 cm³/mol. The molecular formula is C31H32N4O3. The Bertz CT molecular complexity index is 1390. The molecule has 1 amide bonds. The van der Waals surface area contributed by atoms with Gasteiger partial charge in [0.1, 0.15) is 17.2 Å². The third-order valence-corrected chi connectivity index (χ3v) is 6.75. The van der Waals surface area contributed by atoms with Gasteiger partial charge < -0.3 is 14.4 Å². The minimum absolute atomic E-state index is 0.0282. The molecule has 2 heterocycles. The van der Waals surface area contributed by atoms with Crippen LogP contribution in [-0.4, -0.2) is 72.4 Å². The molecule has 0 bridgehead atoms. The first-order valence-electron chi connectivity index (χ1n) is 12.8. The summed E-state index contributed by atoms with van der Waals surface area (Å²) in [5, 5.41) is 4.84. The zero-order valence-electron chi connectivity index (χ0n) is 21.8. The van der Waals surface area contributed by atoms with Crippen molar-refractivity contribution in [3.05, 3.63) is 102 Å². The molecule has 0 spiro atoms. The smallest absolute Gasteiger partial charge is 0.272 e. The Hall–Kier alpha value is -4.36. The normalized spacial score (nSPS) is 14.1. The fourth-order valence-corrected chi connectivity index (χ4v) is 4.64. The highest BCUT2D eigenvalue weighted by Gasteiger charge is 2.26. The summed E-state index contributed by atoms with van der Waals surface area (Å²) in [6.07, 6.45) is 4.33. The van der Waals surface area contributed by atoms with Crippen LogP contribution in [-0.2, 0) is 0 Å². The number of aromatic nitrogens is 2. The first-order chi connectivity index (χ1) is 18.7. The van der Waals surface area contributed by atoms with Crippen LogP contribution in [0.15, 0.2) is 91.0 Å². The van der Waals surface area contributed by atoms with Gasteiger partial charge in [0.2, 0.25) is 0 Å². The highest BCUT2D eigenvalue weighted by Crippen LogP contribution is 2.33. The molecule has 1 aromatic heterocycles. The molecule has 194 valence electrons. The van der Waals surface area contributed by atoms with Crippen LogP contribution in [0.3, 0.4) is 0 Å². The van der Waals surface area contributed by atoms with E-state index in [1.807, 2.05) is 77.7 Å². The van der Waals surface area contributed by atoms with E-state index in [1.165, 1.54) is 5.56 Å². The summed E-state index contributed by atoms with van der Waals surface area (Å²) >= 11 is 0. The molecule has 7 nitrogen and oxygen atoms in total. The Morgan fingerprint density at radius 3 is 2.26 bits per heavy atom. The van der Waals surface area contributed by atoms with Crippen molar-refractivity contribution in [2.75, 3.05) is 46.9 Å². The van der Waals surface area contributed by atoms with E-state index < -0.39 is 0 Å². The van der Waals surface area contributed by atoms with Crippen LogP contribution >= 0.6 is 0 Å². The zero-order chi connectivity index (χ0) is 26.3. The topological polar surface area (TPSA) is 59.8 Å². The molecule has 5 rings (SSSR count). The lowest BCUT2D eigenvalue weighted by Gasteiger charge is -2.34. The van der Waals surface area contributed by atoms with Crippen LogP contribution in [0, 0.1) is 0 Å². The van der Waals surface area contributed by atoms with Crippen LogP contribution in [0.4, 0.5) is 0 Å². The molecule has 1 saturated heterocycles. The van der Waals surface area contributed by atoms with E-state index in [4.69, 9.17) is 14.6 Å². The average molecular weight is 509 g/mol. The lowest BCUT2D eigenvalue weighted by atomic mass is 10.1. The molecule has 1 fully saturated rings. The molecule has 1 aliphatic rings. The second-order valence-corrected chi connectivity index (χ2v) is 9.13. The molecule has 0 aliphatic carbocycles. The van der Waals surface area contributed by atoms with Crippen molar-refractivity contribution < 1.29 is 14.3 Å². The molecule has 0 radical (unpaired) electrons. The Kier molecular flexibility index (Phi) is 7.85. The molecule has 3 aromatic carbocycles. The highest BCUT2D eigenvalue weighted by molar-refractivity contribution is 5.94. The summed E-state index contributed by atoms with van der Waals surface area (Å²) in [5.41, 5.74) is 4.02. The van der Waals surface area contributed by atoms with Crippen LogP contribution in [0.5, 0.6) is 11.5 Å². The number of benzene rings is 3. The van der Waals surface area contributed by atoms with Gasteiger partial charge in [0.25, 0.3) is 5.91 Å². The number of hydrogen-bond acceptors (Lipinski definition) is 5. The molecule has 0 atom stereocenters. The van der Waals surface area contributed by atoms with E-state index in [0.717, 1.165) is 30.9 Å². The van der Waals surface area contributed by atoms with Crippen molar-refractivity contribution in [2.24, 2.45) is 0 Å². The quantitative estimate of drug-likeness (QED) is 0.334. The minimum Gasteiger partial charge on any atom is -0.497 e. The lowest BCUT2D eigenvalue weighted by molar-refractivity contribution is 0.0641. The number of rotatable bonds is 8. The number of ether oxygens (including phenoxy) is 2. The van der Waals surface area contributed by atoms with Gasteiger partial charge in [-0.05, 0) is 35.9 Å². The van der Waals surface area contributed by atoms with Crippen molar-refractivity contribution in [1.82, 2.24) is 19.6 Å². The number of nitrogens with zero attached hydrogens (tertiary/aromatic N) is 4. The minimum atomic E-state index is -0.0282. The number of hydrogen-bond donors (Lipinski definition) is 0. The first-order valence-corrected chi connectivity index (χ1v) is 12.8. The Balaban J connectivity index is 1.35. The van der Waals surface area contributed by atoms with Gasteiger partial charge in [-0.2, -0.15) is 5.10 Å². The lowest BCUT2D eigenvalue weighted by Crippen LogP contribution is -2.49. The van der Waals surface area contributed by atoms with Gasteiger partial charge in [0.05, 0.1) is 25.6 Å². The second kappa shape index (κ2) is 11.8. The maximum atomic E-state index is 13.8. The van der Waals surface area contributed by atoms with Crippen molar-refractivity contribution in [3.8, 4) is 28.4 Å². The zero-order valence-corrected chi connectivity index (χ0v) is 21.8. The number of carbonyl (C=O) groups excluding carboxylic acids is 1. The number of carbonyl (C=O) groups is 1. The number of para-hydroxylation sites is 1. The van der Waals surface area contributed by atoms with Gasteiger partial charge in [-0.3, -0.25) is 9.69 Å². The molecule has 1 aliphatic heterocycles. The van der Waals surface area contributed by atoms with Crippen LogP contribution in [0.1, 0.15) is 16.1 Å². The molecule has 0 saturated carbocycles. The van der Waals surface area contributed by atoms with Gasteiger partial charge in [0, 0.05) is 44.4 Å². The average Bonchev–Trinajstić information content (AvgIpc) is 3.43. The van der Waals surface area contributed by atoms with Gasteiger partial charge >= 0.3 is 0 Å². The van der Waals surface area contributed by atoms with E-state index in [-0.39, 0.29) is 5.91 Å². The monoisotopic (exact) mass is 508 g/mol. The summed E-state index contributed by atoms with van der Waals surface area (Å²) in [5.74, 6) is 1.30. The summed E-state index contributed by atoms with van der Waals surface area (Å²) < 4.78 is 12.7. The van der Waals surface area contributed by atoms with Gasteiger partial charge in [-0.25, -0.2) is 4.68 Å². The molecular weight excluding hydrogens is 476 g/mol. The van der Waals surface area contributed by atoms with Crippen LogP contribution < -0.4 is 9.47 Å². The van der Waals surface area contributed by atoms with Crippen molar-refractivity contribution in [3.63, 3.8) is 0 Å². The maximum absolute atomic E-state index is 13.8. The Morgan fingerprint density at radius 1 is 0.868 bits per heavy atom. The summed E-state index contributed by atoms with van der Waals surface area (Å²) in [7, 11) is 3.24.